The molecule has 0 radical (unpaired) electrons. The quantitative estimate of drug-likeness (QED) is 0.170. The maximum Gasteiger partial charge on any atom is 0.0875 e. The van der Waals surface area contributed by atoms with Crippen molar-refractivity contribution in [3.63, 3.8) is 0 Å². The van der Waals surface area contributed by atoms with Crippen LogP contribution in [0.5, 0.6) is 0 Å². The summed E-state index contributed by atoms with van der Waals surface area (Å²) in [5, 5.41) is 9.47. The largest absolute Gasteiger partial charge is 0.622 e. The van der Waals surface area contributed by atoms with Crippen molar-refractivity contribution < 1.29 is 30.6 Å². The molecule has 1 aliphatic rings. The number of rotatable bonds is 7. The zero-order valence-electron chi connectivity index (χ0n) is 25.4. The molecule has 43 heavy (non-hydrogen) atoms. The van der Waals surface area contributed by atoms with Gasteiger partial charge in [-0.1, -0.05) is 118 Å². The van der Waals surface area contributed by atoms with Crippen LogP contribution in [0.25, 0.3) is 27.5 Å². The fraction of sp³-hybridized carbons (Fsp3) is 0.263. The Morgan fingerprint density at radius 3 is 2.23 bits per heavy atom. The average molecular weight is 731 g/mol. The van der Waals surface area contributed by atoms with Crippen molar-refractivity contribution in [2.75, 3.05) is 5.32 Å². The third-order valence-corrected chi connectivity index (χ3v) is 8.38. The summed E-state index contributed by atoms with van der Waals surface area (Å²) in [5.74, 6) is 0.266. The molecule has 0 aliphatic heterocycles. The van der Waals surface area contributed by atoms with Crippen LogP contribution in [-0.4, -0.2) is 10.9 Å². The molecule has 4 nitrogen and oxygen atoms in total. The molecule has 1 amide bonds. The summed E-state index contributed by atoms with van der Waals surface area (Å²) in [6.45, 7) is 8.59. The Balaban J connectivity index is 0.00000368. The minimum Gasteiger partial charge on any atom is -0.622 e. The zero-order valence-corrected chi connectivity index (χ0v) is 29.0. The average Bonchev–Trinajstić information content (AvgIpc) is 3.00. The van der Waals surface area contributed by atoms with Crippen LogP contribution in [0, 0.1) is 0 Å². The maximum absolute atomic E-state index is 13.9. The second kappa shape index (κ2) is 13.4. The molecule has 1 atom stereocenters. The fourth-order valence-electron chi connectivity index (χ4n) is 6.26. The minimum absolute atomic E-state index is 0. The van der Waals surface area contributed by atoms with Gasteiger partial charge in [-0.25, -0.2) is 4.98 Å². The molecule has 1 aliphatic carbocycles. The van der Waals surface area contributed by atoms with Crippen LogP contribution >= 0.6 is 0 Å². The van der Waals surface area contributed by atoms with E-state index in [1.54, 1.807) is 0 Å². The molecular formula is C38H38HfN3O-. The van der Waals surface area contributed by atoms with E-state index >= 15 is 0 Å². The predicted molar refractivity (Wildman–Crippen MR) is 175 cm³/mol. The van der Waals surface area contributed by atoms with Gasteiger partial charge in [0.2, 0.25) is 0 Å². The molecule has 1 N–H and O–H groups in total. The molecule has 1 aromatic heterocycles. The SMILES string of the molecule is CC(C)c1cccc(C(C)C)c1[N-]C(=O)c1cccc2ccc(-c3cccc4c3C(Nc3ccccc3)CCC4)nc12.[Hf]. The number of aryl methyl sites for hydroxylation is 1. The number of pyridine rings is 1. The maximum atomic E-state index is 13.9. The van der Waals surface area contributed by atoms with Gasteiger partial charge in [-0.3, -0.25) is 0 Å². The Morgan fingerprint density at radius 1 is 0.814 bits per heavy atom. The van der Waals surface area contributed by atoms with E-state index in [-0.39, 0.29) is 49.6 Å². The van der Waals surface area contributed by atoms with Crippen LogP contribution in [0.1, 0.15) is 91.0 Å². The fourth-order valence-corrected chi connectivity index (χ4v) is 6.26. The summed E-state index contributed by atoms with van der Waals surface area (Å²) < 4.78 is 0. The number of hydrogen-bond acceptors (Lipinski definition) is 3. The number of amides is 1. The molecule has 1 heterocycles. The van der Waals surface area contributed by atoms with Crippen molar-refractivity contribution in [1.82, 2.24) is 4.98 Å². The topological polar surface area (TPSA) is 56.1 Å². The van der Waals surface area contributed by atoms with Gasteiger partial charge in [0.1, 0.15) is 0 Å². The van der Waals surface area contributed by atoms with Gasteiger partial charge in [0.05, 0.1) is 23.2 Å². The summed E-state index contributed by atoms with van der Waals surface area (Å²) >= 11 is 0. The molecule has 0 spiro atoms. The number of anilines is 1. The van der Waals surface area contributed by atoms with Crippen LogP contribution in [0.15, 0.2) is 97.1 Å². The number of nitrogens with zero attached hydrogens (tertiary/aromatic N) is 2. The molecule has 0 saturated carbocycles. The first kappa shape index (κ1) is 30.9. The van der Waals surface area contributed by atoms with E-state index in [4.69, 9.17) is 10.3 Å². The number of para-hydroxylation sites is 3. The first-order valence-corrected chi connectivity index (χ1v) is 15.1. The molecule has 0 bridgehead atoms. The van der Waals surface area contributed by atoms with Gasteiger partial charge < -0.3 is 15.4 Å². The third-order valence-electron chi connectivity index (χ3n) is 8.38. The molecule has 6 rings (SSSR count). The Labute approximate surface area is 274 Å². The van der Waals surface area contributed by atoms with Crippen molar-refractivity contribution in [2.24, 2.45) is 0 Å². The number of aromatic nitrogens is 1. The van der Waals surface area contributed by atoms with Gasteiger partial charge >= 0.3 is 0 Å². The van der Waals surface area contributed by atoms with Gasteiger partial charge in [0.25, 0.3) is 0 Å². The van der Waals surface area contributed by atoms with Gasteiger partial charge in [-0.15, -0.1) is 5.69 Å². The summed E-state index contributed by atoms with van der Waals surface area (Å²) in [6.07, 6.45) is 3.25. The van der Waals surface area contributed by atoms with Gasteiger partial charge in [0, 0.05) is 48.0 Å². The van der Waals surface area contributed by atoms with Crippen molar-refractivity contribution in [1.29, 1.82) is 0 Å². The van der Waals surface area contributed by atoms with Crippen LogP contribution in [0.3, 0.4) is 0 Å². The smallest absolute Gasteiger partial charge is 0.0875 e. The molecule has 0 saturated heterocycles. The van der Waals surface area contributed by atoms with E-state index in [1.165, 1.54) is 11.1 Å². The summed E-state index contributed by atoms with van der Waals surface area (Å²) in [7, 11) is 0. The molecule has 4 aromatic carbocycles. The molecule has 5 heteroatoms. The number of carbonyl (C=O) groups excluding carboxylic acids is 1. The van der Waals surface area contributed by atoms with E-state index in [0.29, 0.717) is 11.1 Å². The number of carbonyl (C=O) groups is 1. The second-order valence-electron chi connectivity index (χ2n) is 11.9. The molecule has 0 fully saturated rings. The van der Waals surface area contributed by atoms with Crippen molar-refractivity contribution in [3.8, 4) is 11.3 Å². The second-order valence-corrected chi connectivity index (χ2v) is 11.9. The van der Waals surface area contributed by atoms with Crippen molar-refractivity contribution in [2.45, 2.75) is 64.8 Å². The minimum atomic E-state index is -0.251. The number of fused-ring (bicyclic) bond motifs is 2. The van der Waals surface area contributed by atoms with Crippen LogP contribution < -0.4 is 5.32 Å². The Morgan fingerprint density at radius 2 is 1.51 bits per heavy atom. The van der Waals surface area contributed by atoms with E-state index in [9.17, 15) is 4.79 Å². The third kappa shape index (κ3) is 6.38. The van der Waals surface area contributed by atoms with Gasteiger partial charge in [-0.2, -0.15) is 0 Å². The van der Waals surface area contributed by atoms with Gasteiger partial charge in [0.15, 0.2) is 0 Å². The predicted octanol–water partition coefficient (Wildman–Crippen LogP) is 10.5. The molecule has 216 valence electrons. The number of hydrogen-bond donors (Lipinski definition) is 1. The standard InChI is InChI=1S/C38H39N3O.Hf/c1-24(2)29-17-11-18-30(25(3)4)37(29)41-38(42)32-20-9-14-27-22-23-33(40-36(27)32)31-19-8-12-26-13-10-21-34(35(26)31)39-28-15-6-5-7-16-28;/h5-9,11-12,14-20,22-25,34,39H,10,13,21H2,1-4H3,(H,41,42);/p-1. The van der Waals surface area contributed by atoms with Crippen LogP contribution in [-0.2, 0) is 32.3 Å². The first-order chi connectivity index (χ1) is 20.4. The van der Waals surface area contributed by atoms with Gasteiger partial charge in [-0.05, 0) is 60.4 Å². The van der Waals surface area contributed by atoms with E-state index in [1.807, 2.05) is 24.3 Å². The van der Waals surface area contributed by atoms with E-state index in [2.05, 4.69) is 106 Å². The summed E-state index contributed by atoms with van der Waals surface area (Å²) in [6, 6.07) is 33.4. The van der Waals surface area contributed by atoms with Crippen LogP contribution in [0.4, 0.5) is 11.4 Å². The van der Waals surface area contributed by atoms with E-state index < -0.39 is 0 Å². The zero-order chi connectivity index (χ0) is 29.2. The Bertz CT molecular complexity index is 1720. The summed E-state index contributed by atoms with van der Waals surface area (Å²) in [5.41, 5.74) is 10.00. The normalized spacial score (nSPS) is 14.3. The van der Waals surface area contributed by atoms with Crippen molar-refractivity contribution in [3.05, 3.63) is 130 Å². The van der Waals surface area contributed by atoms with E-state index in [0.717, 1.165) is 58.4 Å². The molecule has 1 unspecified atom stereocenters. The number of nitrogens with one attached hydrogen (secondary N) is 1. The van der Waals surface area contributed by atoms with Crippen LogP contribution in [0.2, 0.25) is 0 Å². The first-order valence-electron chi connectivity index (χ1n) is 15.1. The van der Waals surface area contributed by atoms with Crippen molar-refractivity contribution >= 4 is 28.2 Å². The Kier molecular flexibility index (Phi) is 9.61. The summed E-state index contributed by atoms with van der Waals surface area (Å²) in [4.78, 5) is 19.1. The number of benzene rings is 4. The molecule has 5 aromatic rings. The molecular weight excluding hydrogens is 693 g/mol. The monoisotopic (exact) mass is 732 g/mol. The Hall–Kier alpha value is -3.57.